The summed E-state index contributed by atoms with van der Waals surface area (Å²) < 4.78 is 10.9. The molecule has 2 unspecified atom stereocenters. The molecule has 1 aromatic rings. The van der Waals surface area contributed by atoms with Crippen molar-refractivity contribution in [1.29, 1.82) is 0 Å². The molecule has 0 aromatic heterocycles. The Balaban J connectivity index is 2.51. The zero-order chi connectivity index (χ0) is 17.5. The number of alkyl carbamates (subject to hydrolysis) is 1. The Morgan fingerprint density at radius 1 is 1.22 bits per heavy atom. The lowest BCUT2D eigenvalue weighted by Crippen LogP contribution is -2.42. The molecule has 1 aromatic carbocycles. The van der Waals surface area contributed by atoms with Crippen molar-refractivity contribution < 1.29 is 14.3 Å². The van der Waals surface area contributed by atoms with Crippen LogP contribution in [0.15, 0.2) is 24.3 Å². The largest absolute Gasteiger partial charge is 0.494 e. The van der Waals surface area contributed by atoms with Crippen molar-refractivity contribution in [3.05, 3.63) is 29.8 Å². The van der Waals surface area contributed by atoms with Gasteiger partial charge in [0.25, 0.3) is 0 Å². The Morgan fingerprint density at radius 3 is 2.48 bits per heavy atom. The molecule has 1 rings (SSSR count). The summed E-state index contributed by atoms with van der Waals surface area (Å²) in [6, 6.07) is 8.21. The van der Waals surface area contributed by atoms with E-state index >= 15 is 0 Å². The lowest BCUT2D eigenvalue weighted by Gasteiger charge is -2.24. The summed E-state index contributed by atoms with van der Waals surface area (Å²) in [6.07, 6.45) is -0.395. The normalized spacial score (nSPS) is 14.0. The van der Waals surface area contributed by atoms with Gasteiger partial charge in [-0.3, -0.25) is 0 Å². The summed E-state index contributed by atoms with van der Waals surface area (Å²) in [6.45, 7) is 12.8. The molecule has 0 heterocycles. The fraction of sp³-hybridized carbons (Fsp3) is 0.611. The van der Waals surface area contributed by atoms with Gasteiger partial charge in [-0.05, 0) is 47.6 Å². The number of benzene rings is 1. The third kappa shape index (κ3) is 7.37. The summed E-state index contributed by atoms with van der Waals surface area (Å²) in [4.78, 5) is 11.7. The van der Waals surface area contributed by atoms with Crippen molar-refractivity contribution in [3.8, 4) is 5.75 Å². The van der Waals surface area contributed by atoms with E-state index in [1.165, 1.54) is 0 Å². The first-order chi connectivity index (χ1) is 10.7. The van der Waals surface area contributed by atoms with Crippen molar-refractivity contribution in [2.45, 2.75) is 59.2 Å². The van der Waals surface area contributed by atoms with Gasteiger partial charge in [-0.25, -0.2) is 4.79 Å². The molecular weight excluding hydrogens is 292 g/mol. The minimum Gasteiger partial charge on any atom is -0.494 e. The molecule has 2 atom stereocenters. The second kappa shape index (κ2) is 8.77. The van der Waals surface area contributed by atoms with Crippen LogP contribution in [0.25, 0.3) is 0 Å². The number of hydrogen-bond acceptors (Lipinski definition) is 4. The van der Waals surface area contributed by atoms with E-state index in [1.54, 1.807) is 0 Å². The van der Waals surface area contributed by atoms with Crippen LogP contribution in [0, 0.1) is 0 Å². The first kappa shape index (κ1) is 19.3. The topological polar surface area (TPSA) is 59.6 Å². The third-order valence-electron chi connectivity index (χ3n) is 3.17. The maximum Gasteiger partial charge on any atom is 0.407 e. The number of hydrogen-bond donors (Lipinski definition) is 2. The van der Waals surface area contributed by atoms with Gasteiger partial charge >= 0.3 is 6.09 Å². The summed E-state index contributed by atoms with van der Waals surface area (Å²) >= 11 is 0. The molecule has 5 nitrogen and oxygen atoms in total. The number of rotatable bonds is 7. The van der Waals surface area contributed by atoms with Gasteiger partial charge in [-0.2, -0.15) is 0 Å². The standard InChI is InChI=1S/C18H30N2O3/c1-7-22-16-11-9-8-10-15(16)14(3)20-13(2)12-19-17(21)23-18(4,5)6/h8-11,13-14,20H,7,12H2,1-6H3,(H,19,21). The Morgan fingerprint density at radius 2 is 1.87 bits per heavy atom. The Bertz CT molecular complexity index is 497. The molecular formula is C18H30N2O3. The highest BCUT2D eigenvalue weighted by atomic mass is 16.6. The quantitative estimate of drug-likeness (QED) is 0.804. The number of nitrogens with one attached hydrogen (secondary N) is 2. The summed E-state index contributed by atoms with van der Waals surface area (Å²) in [5.74, 6) is 0.891. The molecule has 0 fully saturated rings. The maximum atomic E-state index is 11.7. The van der Waals surface area contributed by atoms with Gasteiger partial charge in [-0.1, -0.05) is 18.2 Å². The Kier molecular flexibility index (Phi) is 7.36. The fourth-order valence-electron chi connectivity index (χ4n) is 2.25. The predicted molar refractivity (Wildman–Crippen MR) is 92.9 cm³/mol. The van der Waals surface area contributed by atoms with E-state index < -0.39 is 11.7 Å². The number of para-hydroxylation sites is 1. The van der Waals surface area contributed by atoms with Gasteiger partial charge in [0.1, 0.15) is 11.4 Å². The highest BCUT2D eigenvalue weighted by Crippen LogP contribution is 2.25. The summed E-state index contributed by atoms with van der Waals surface area (Å²) in [7, 11) is 0. The molecule has 0 bridgehead atoms. The monoisotopic (exact) mass is 322 g/mol. The van der Waals surface area contributed by atoms with Gasteiger partial charge < -0.3 is 20.1 Å². The molecule has 0 spiro atoms. The van der Waals surface area contributed by atoms with Crippen LogP contribution in [0.5, 0.6) is 5.75 Å². The minimum absolute atomic E-state index is 0.104. The van der Waals surface area contributed by atoms with Crippen LogP contribution >= 0.6 is 0 Å². The number of amides is 1. The van der Waals surface area contributed by atoms with Gasteiger partial charge in [0.2, 0.25) is 0 Å². The van der Waals surface area contributed by atoms with E-state index in [9.17, 15) is 4.79 Å². The average molecular weight is 322 g/mol. The molecule has 23 heavy (non-hydrogen) atoms. The van der Waals surface area contributed by atoms with Crippen LogP contribution in [0.3, 0.4) is 0 Å². The van der Waals surface area contributed by atoms with E-state index in [1.807, 2.05) is 52.8 Å². The van der Waals surface area contributed by atoms with Crippen LogP contribution in [0.2, 0.25) is 0 Å². The van der Waals surface area contributed by atoms with Crippen molar-refractivity contribution in [3.63, 3.8) is 0 Å². The van der Waals surface area contributed by atoms with Crippen LogP contribution in [-0.2, 0) is 4.74 Å². The van der Waals surface area contributed by atoms with E-state index in [0.717, 1.165) is 11.3 Å². The molecule has 0 saturated heterocycles. The van der Waals surface area contributed by atoms with Crippen LogP contribution < -0.4 is 15.4 Å². The first-order valence-electron chi connectivity index (χ1n) is 8.17. The van der Waals surface area contributed by atoms with Gasteiger partial charge in [0, 0.05) is 24.2 Å². The van der Waals surface area contributed by atoms with Gasteiger partial charge in [0.05, 0.1) is 6.61 Å². The molecule has 2 N–H and O–H groups in total. The summed E-state index contributed by atoms with van der Waals surface area (Å²) in [5, 5.41) is 6.24. The molecule has 130 valence electrons. The Labute approximate surface area is 139 Å². The second-order valence-electron chi connectivity index (χ2n) is 6.64. The molecule has 5 heteroatoms. The van der Waals surface area contributed by atoms with E-state index in [4.69, 9.17) is 9.47 Å². The first-order valence-corrected chi connectivity index (χ1v) is 8.17. The minimum atomic E-state index is -0.482. The van der Waals surface area contributed by atoms with Crippen molar-refractivity contribution >= 4 is 6.09 Å². The van der Waals surface area contributed by atoms with Crippen molar-refractivity contribution in [2.75, 3.05) is 13.2 Å². The average Bonchev–Trinajstić information content (AvgIpc) is 2.44. The highest BCUT2D eigenvalue weighted by molar-refractivity contribution is 5.67. The molecule has 0 aliphatic rings. The van der Waals surface area contributed by atoms with Crippen LogP contribution in [0.4, 0.5) is 4.79 Å². The molecule has 0 aliphatic heterocycles. The fourth-order valence-corrected chi connectivity index (χ4v) is 2.25. The zero-order valence-electron chi connectivity index (χ0n) is 15.1. The molecule has 0 saturated carbocycles. The predicted octanol–water partition coefficient (Wildman–Crippen LogP) is 3.65. The lowest BCUT2D eigenvalue weighted by atomic mass is 10.1. The van der Waals surface area contributed by atoms with Crippen molar-refractivity contribution in [1.82, 2.24) is 10.6 Å². The molecule has 0 aliphatic carbocycles. The Hall–Kier alpha value is -1.75. The van der Waals surface area contributed by atoms with Gasteiger partial charge in [0.15, 0.2) is 0 Å². The number of carbonyl (C=O) groups excluding carboxylic acids is 1. The number of ether oxygens (including phenoxy) is 2. The number of carbonyl (C=O) groups is 1. The highest BCUT2D eigenvalue weighted by Gasteiger charge is 2.18. The SMILES string of the molecule is CCOc1ccccc1C(C)NC(C)CNC(=O)OC(C)(C)C. The summed E-state index contributed by atoms with van der Waals surface area (Å²) in [5.41, 5.74) is 0.628. The zero-order valence-corrected chi connectivity index (χ0v) is 15.1. The van der Waals surface area contributed by atoms with Crippen molar-refractivity contribution in [2.24, 2.45) is 0 Å². The maximum absolute atomic E-state index is 11.7. The second-order valence-corrected chi connectivity index (χ2v) is 6.64. The van der Waals surface area contributed by atoms with Crippen LogP contribution in [-0.4, -0.2) is 30.9 Å². The van der Waals surface area contributed by atoms with Crippen LogP contribution in [0.1, 0.15) is 53.1 Å². The molecule has 0 radical (unpaired) electrons. The van der Waals surface area contributed by atoms with Gasteiger partial charge in [-0.15, -0.1) is 0 Å². The van der Waals surface area contributed by atoms with E-state index in [-0.39, 0.29) is 12.1 Å². The van der Waals surface area contributed by atoms with E-state index in [2.05, 4.69) is 23.6 Å². The lowest BCUT2D eigenvalue weighted by molar-refractivity contribution is 0.0522. The van der Waals surface area contributed by atoms with E-state index in [0.29, 0.717) is 13.2 Å². The molecule has 1 amide bonds. The smallest absolute Gasteiger partial charge is 0.407 e. The third-order valence-corrected chi connectivity index (χ3v) is 3.17.